The predicted molar refractivity (Wildman–Crippen MR) is 190 cm³/mol. The van der Waals surface area contributed by atoms with E-state index in [2.05, 4.69) is 133 Å². The Hall–Kier alpha value is -5.64. The predicted octanol–water partition coefficient (Wildman–Crippen LogP) is 12.9. The molecule has 210 valence electrons. The van der Waals surface area contributed by atoms with Crippen LogP contribution in [0.1, 0.15) is 0 Å². The summed E-state index contributed by atoms with van der Waals surface area (Å²) in [6.07, 6.45) is 0. The molecule has 0 radical (unpaired) electrons. The van der Waals surface area contributed by atoms with Gasteiger partial charge in [0.1, 0.15) is 22.3 Å². The Morgan fingerprint density at radius 3 is 1.71 bits per heavy atom. The van der Waals surface area contributed by atoms with Crippen molar-refractivity contribution >= 4 is 75.4 Å². The Bertz CT molecular complexity index is 2760. The van der Waals surface area contributed by atoms with Gasteiger partial charge in [-0.05, 0) is 52.6 Å². The molecule has 0 fully saturated rings. The van der Waals surface area contributed by atoms with E-state index in [0.29, 0.717) is 0 Å². The van der Waals surface area contributed by atoms with Crippen LogP contribution in [0.15, 0.2) is 154 Å². The Balaban J connectivity index is 1.10. The van der Waals surface area contributed by atoms with Gasteiger partial charge in [0.25, 0.3) is 0 Å². The van der Waals surface area contributed by atoms with Gasteiger partial charge in [-0.25, -0.2) is 0 Å². The molecule has 0 saturated carbocycles. The van der Waals surface area contributed by atoms with Crippen molar-refractivity contribution in [3.05, 3.63) is 146 Å². The standard InChI is InChI=1S/C42H24O2S/c1-3-15-36-31(8-1)32-23-22-27(24-37(32)43-36)30-12-6-14-34-33-13-5-11-29(41(33)44-42(30)34)26-20-18-25(19-21-26)28-10-7-17-39-40(28)35-9-2-4-16-38(35)45-39/h1-24H. The maximum Gasteiger partial charge on any atom is 0.143 e. The lowest BCUT2D eigenvalue weighted by molar-refractivity contribution is 0.668. The number of rotatable bonds is 3. The van der Waals surface area contributed by atoms with Gasteiger partial charge < -0.3 is 8.83 Å². The summed E-state index contributed by atoms with van der Waals surface area (Å²) in [5.41, 5.74) is 10.4. The van der Waals surface area contributed by atoms with Crippen LogP contribution >= 0.6 is 11.3 Å². The molecular formula is C42H24O2S. The maximum atomic E-state index is 6.78. The summed E-state index contributed by atoms with van der Waals surface area (Å²) in [7, 11) is 0. The quantitative estimate of drug-likeness (QED) is 0.204. The minimum atomic E-state index is 0.883. The van der Waals surface area contributed by atoms with Crippen molar-refractivity contribution in [2.75, 3.05) is 0 Å². The monoisotopic (exact) mass is 592 g/mol. The first-order chi connectivity index (χ1) is 22.3. The van der Waals surface area contributed by atoms with Gasteiger partial charge in [-0.1, -0.05) is 115 Å². The summed E-state index contributed by atoms with van der Waals surface area (Å²) in [4.78, 5) is 0. The van der Waals surface area contributed by atoms with E-state index in [1.54, 1.807) is 0 Å². The zero-order valence-corrected chi connectivity index (χ0v) is 24.9. The fourth-order valence-corrected chi connectivity index (χ4v) is 8.15. The van der Waals surface area contributed by atoms with Gasteiger partial charge >= 0.3 is 0 Å². The number of fused-ring (bicyclic) bond motifs is 9. The van der Waals surface area contributed by atoms with Gasteiger partial charge in [0.2, 0.25) is 0 Å². The molecule has 0 bridgehead atoms. The van der Waals surface area contributed by atoms with Gasteiger partial charge in [0, 0.05) is 52.8 Å². The summed E-state index contributed by atoms with van der Waals surface area (Å²) >= 11 is 1.86. The topological polar surface area (TPSA) is 26.3 Å². The molecule has 10 aromatic rings. The summed E-state index contributed by atoms with van der Waals surface area (Å²) in [6.45, 7) is 0. The maximum absolute atomic E-state index is 6.78. The molecular weight excluding hydrogens is 569 g/mol. The van der Waals surface area contributed by atoms with E-state index < -0.39 is 0 Å². The second-order valence-corrected chi connectivity index (χ2v) is 12.7. The van der Waals surface area contributed by atoms with Crippen molar-refractivity contribution in [3.63, 3.8) is 0 Å². The molecule has 3 heterocycles. The highest BCUT2D eigenvalue weighted by molar-refractivity contribution is 7.25. The van der Waals surface area contributed by atoms with Crippen LogP contribution in [0.2, 0.25) is 0 Å². The lowest BCUT2D eigenvalue weighted by Crippen LogP contribution is -1.82. The molecule has 3 heteroatoms. The van der Waals surface area contributed by atoms with Gasteiger partial charge in [0.05, 0.1) is 0 Å². The van der Waals surface area contributed by atoms with Crippen LogP contribution in [0.25, 0.3) is 97.4 Å². The molecule has 45 heavy (non-hydrogen) atoms. The number of para-hydroxylation sites is 3. The Morgan fingerprint density at radius 1 is 0.356 bits per heavy atom. The van der Waals surface area contributed by atoms with Gasteiger partial charge in [-0.15, -0.1) is 11.3 Å². The van der Waals surface area contributed by atoms with Crippen molar-refractivity contribution in [3.8, 4) is 33.4 Å². The lowest BCUT2D eigenvalue weighted by Gasteiger charge is -2.08. The van der Waals surface area contributed by atoms with E-state index >= 15 is 0 Å². The molecule has 7 aromatic carbocycles. The van der Waals surface area contributed by atoms with E-state index in [-0.39, 0.29) is 0 Å². The SMILES string of the molecule is c1ccc2c(c1)oc1cc(-c3cccc4c3oc3c(-c5ccc(-c6cccc7sc8ccccc8c67)cc5)cccc34)ccc12. The number of hydrogen-bond donors (Lipinski definition) is 0. The first-order valence-electron chi connectivity index (χ1n) is 15.2. The number of thiophene rings is 1. The van der Waals surface area contributed by atoms with Crippen LogP contribution in [0, 0.1) is 0 Å². The third-order valence-electron chi connectivity index (χ3n) is 9.12. The van der Waals surface area contributed by atoms with Crippen molar-refractivity contribution in [1.82, 2.24) is 0 Å². The van der Waals surface area contributed by atoms with Crippen LogP contribution in [-0.2, 0) is 0 Å². The van der Waals surface area contributed by atoms with E-state index in [0.717, 1.165) is 66.1 Å². The van der Waals surface area contributed by atoms with E-state index in [1.165, 1.54) is 31.3 Å². The fourth-order valence-electron chi connectivity index (χ4n) is 7.01. The molecule has 0 aliphatic rings. The van der Waals surface area contributed by atoms with E-state index in [4.69, 9.17) is 8.83 Å². The third kappa shape index (κ3) is 3.68. The first kappa shape index (κ1) is 24.8. The minimum absolute atomic E-state index is 0.883. The molecule has 0 aliphatic carbocycles. The number of furan rings is 2. The minimum Gasteiger partial charge on any atom is -0.456 e. The molecule has 0 N–H and O–H groups in total. The zero-order valence-electron chi connectivity index (χ0n) is 24.1. The summed E-state index contributed by atoms with van der Waals surface area (Å²) < 4.78 is 15.6. The van der Waals surface area contributed by atoms with Crippen molar-refractivity contribution in [1.29, 1.82) is 0 Å². The van der Waals surface area contributed by atoms with Crippen molar-refractivity contribution < 1.29 is 8.83 Å². The Kier molecular flexibility index (Phi) is 5.19. The van der Waals surface area contributed by atoms with Crippen molar-refractivity contribution in [2.45, 2.75) is 0 Å². The van der Waals surface area contributed by atoms with Crippen LogP contribution in [0.5, 0.6) is 0 Å². The highest BCUT2D eigenvalue weighted by Gasteiger charge is 2.17. The summed E-state index contributed by atoms with van der Waals surface area (Å²) in [5, 5.41) is 7.14. The molecule has 0 aliphatic heterocycles. The Morgan fingerprint density at radius 2 is 0.911 bits per heavy atom. The van der Waals surface area contributed by atoms with Gasteiger partial charge in [0.15, 0.2) is 0 Å². The molecule has 10 rings (SSSR count). The average molecular weight is 593 g/mol. The molecule has 0 atom stereocenters. The molecule has 0 unspecified atom stereocenters. The normalized spacial score (nSPS) is 12.0. The molecule has 3 aromatic heterocycles. The van der Waals surface area contributed by atoms with Gasteiger partial charge in [-0.3, -0.25) is 0 Å². The highest BCUT2D eigenvalue weighted by Crippen LogP contribution is 2.43. The zero-order chi connectivity index (χ0) is 29.5. The number of benzene rings is 7. The van der Waals surface area contributed by atoms with Crippen LogP contribution in [0.4, 0.5) is 0 Å². The number of hydrogen-bond acceptors (Lipinski definition) is 3. The molecule has 2 nitrogen and oxygen atoms in total. The van der Waals surface area contributed by atoms with Crippen LogP contribution in [-0.4, -0.2) is 0 Å². The second-order valence-electron chi connectivity index (χ2n) is 11.6. The smallest absolute Gasteiger partial charge is 0.143 e. The molecule has 0 amide bonds. The Labute approximate surface area is 262 Å². The van der Waals surface area contributed by atoms with E-state index in [1.807, 2.05) is 23.5 Å². The largest absolute Gasteiger partial charge is 0.456 e. The second kappa shape index (κ2) is 9.43. The summed E-state index contributed by atoms with van der Waals surface area (Å²) in [5.74, 6) is 0. The first-order valence-corrected chi connectivity index (χ1v) is 16.0. The van der Waals surface area contributed by atoms with E-state index in [9.17, 15) is 0 Å². The highest BCUT2D eigenvalue weighted by atomic mass is 32.1. The molecule has 0 spiro atoms. The average Bonchev–Trinajstić information content (AvgIpc) is 3.79. The fraction of sp³-hybridized carbons (Fsp3) is 0. The lowest BCUT2D eigenvalue weighted by atomic mass is 9.96. The van der Waals surface area contributed by atoms with Crippen LogP contribution in [0.3, 0.4) is 0 Å². The van der Waals surface area contributed by atoms with Gasteiger partial charge in [-0.2, -0.15) is 0 Å². The third-order valence-corrected chi connectivity index (χ3v) is 10.3. The van der Waals surface area contributed by atoms with Crippen LogP contribution < -0.4 is 0 Å². The van der Waals surface area contributed by atoms with Crippen molar-refractivity contribution in [2.24, 2.45) is 0 Å². The summed E-state index contributed by atoms with van der Waals surface area (Å²) in [6, 6.07) is 51.8. The molecule has 0 saturated heterocycles.